The van der Waals surface area contributed by atoms with Crippen LogP contribution in [0.15, 0.2) is 24.3 Å². The van der Waals surface area contributed by atoms with Gasteiger partial charge in [0.25, 0.3) is 0 Å². The summed E-state index contributed by atoms with van der Waals surface area (Å²) in [6.45, 7) is 1.87. The van der Waals surface area contributed by atoms with Gasteiger partial charge >= 0.3 is 0 Å². The van der Waals surface area contributed by atoms with Crippen molar-refractivity contribution < 1.29 is 4.74 Å². The zero-order valence-corrected chi connectivity index (χ0v) is 12.4. The second-order valence-electron chi connectivity index (χ2n) is 6.39. The first-order valence-corrected chi connectivity index (χ1v) is 7.93. The maximum atomic E-state index is 6.47. The minimum Gasteiger partial charge on any atom is -0.492 e. The van der Waals surface area contributed by atoms with Gasteiger partial charge in [-0.15, -0.1) is 0 Å². The Bertz CT molecular complexity index is 442. The summed E-state index contributed by atoms with van der Waals surface area (Å²) in [7, 11) is 2.20. The molecule has 2 unspecified atom stereocenters. The van der Waals surface area contributed by atoms with Crippen LogP contribution in [0, 0.1) is 5.92 Å². The Morgan fingerprint density at radius 1 is 1.20 bits per heavy atom. The zero-order valence-electron chi connectivity index (χ0n) is 12.4. The van der Waals surface area contributed by atoms with Crippen LogP contribution in [0.1, 0.15) is 43.7 Å². The normalized spacial score (nSPS) is 27.1. The number of nitrogens with two attached hydrogens (primary N) is 1. The third-order valence-electron chi connectivity index (χ3n) is 4.94. The van der Waals surface area contributed by atoms with Crippen LogP contribution in [0.3, 0.4) is 0 Å². The monoisotopic (exact) mass is 274 g/mol. The second-order valence-corrected chi connectivity index (χ2v) is 6.39. The summed E-state index contributed by atoms with van der Waals surface area (Å²) < 4.78 is 5.90. The van der Waals surface area contributed by atoms with Gasteiger partial charge in [0.15, 0.2) is 0 Å². The molecule has 2 aliphatic rings. The van der Waals surface area contributed by atoms with E-state index < -0.39 is 0 Å². The molecule has 3 nitrogen and oxygen atoms in total. The van der Waals surface area contributed by atoms with E-state index in [4.69, 9.17) is 10.5 Å². The molecule has 1 aliphatic carbocycles. The van der Waals surface area contributed by atoms with Crippen molar-refractivity contribution in [2.24, 2.45) is 11.7 Å². The van der Waals surface area contributed by atoms with Gasteiger partial charge in [0.1, 0.15) is 12.4 Å². The fraction of sp³-hybridized carbons (Fsp3) is 0.647. The van der Waals surface area contributed by atoms with Crippen LogP contribution in [-0.2, 0) is 0 Å². The Morgan fingerprint density at radius 2 is 1.95 bits per heavy atom. The Balaban J connectivity index is 1.65. The van der Waals surface area contributed by atoms with Crippen molar-refractivity contribution in [2.45, 2.75) is 44.2 Å². The summed E-state index contributed by atoms with van der Waals surface area (Å²) in [6.07, 6.45) is 6.97. The number of ether oxygens (including phenoxy) is 1. The van der Waals surface area contributed by atoms with Gasteiger partial charge in [-0.3, -0.25) is 4.90 Å². The van der Waals surface area contributed by atoms with Crippen LogP contribution in [0.25, 0.3) is 0 Å². The Labute approximate surface area is 122 Å². The third-order valence-corrected chi connectivity index (χ3v) is 4.94. The lowest BCUT2D eigenvalue weighted by Crippen LogP contribution is -2.48. The number of fused-ring (bicyclic) bond motifs is 1. The quantitative estimate of drug-likeness (QED) is 0.921. The zero-order chi connectivity index (χ0) is 13.9. The topological polar surface area (TPSA) is 38.5 Å². The average molecular weight is 274 g/mol. The molecule has 1 saturated carbocycles. The predicted octanol–water partition coefficient (Wildman–Crippen LogP) is 2.96. The molecule has 0 saturated heterocycles. The first-order chi connectivity index (χ1) is 9.75. The molecule has 1 fully saturated rings. The Morgan fingerprint density at radius 3 is 2.75 bits per heavy atom. The van der Waals surface area contributed by atoms with Gasteiger partial charge in [-0.05, 0) is 31.9 Å². The molecule has 2 atom stereocenters. The van der Waals surface area contributed by atoms with E-state index >= 15 is 0 Å². The Kier molecular flexibility index (Phi) is 4.27. The average Bonchev–Trinajstić information content (AvgIpc) is 2.49. The number of hydrogen-bond donors (Lipinski definition) is 1. The summed E-state index contributed by atoms with van der Waals surface area (Å²) in [4.78, 5) is 2.43. The first-order valence-electron chi connectivity index (χ1n) is 7.93. The van der Waals surface area contributed by atoms with Gasteiger partial charge in [0.2, 0.25) is 0 Å². The van der Waals surface area contributed by atoms with Crippen molar-refractivity contribution >= 4 is 0 Å². The van der Waals surface area contributed by atoms with Gasteiger partial charge in [-0.25, -0.2) is 0 Å². The molecule has 0 amide bonds. The van der Waals surface area contributed by atoms with Crippen molar-refractivity contribution in [1.29, 1.82) is 0 Å². The van der Waals surface area contributed by atoms with Crippen molar-refractivity contribution in [3.05, 3.63) is 29.8 Å². The van der Waals surface area contributed by atoms with E-state index in [9.17, 15) is 0 Å². The highest BCUT2D eigenvalue weighted by Crippen LogP contribution is 2.33. The third kappa shape index (κ3) is 2.84. The number of para-hydroxylation sites is 1. The molecule has 20 heavy (non-hydrogen) atoms. The number of likely N-dealkylation sites (N-methyl/N-ethyl adjacent to an activating group) is 1. The van der Waals surface area contributed by atoms with Gasteiger partial charge in [0.05, 0.1) is 12.1 Å². The molecule has 3 heteroatoms. The molecular formula is C17H26N2O. The van der Waals surface area contributed by atoms with E-state index in [0.717, 1.165) is 23.8 Å². The van der Waals surface area contributed by atoms with Crippen molar-refractivity contribution in [3.8, 4) is 5.75 Å². The van der Waals surface area contributed by atoms with Crippen molar-refractivity contribution in [3.63, 3.8) is 0 Å². The van der Waals surface area contributed by atoms with E-state index in [1.54, 1.807) is 0 Å². The Hall–Kier alpha value is -1.06. The SMILES string of the molecule is CN(CC1CCCCC1)C1COc2ccccc2C1N. The molecule has 2 N–H and O–H groups in total. The summed E-state index contributed by atoms with van der Waals surface area (Å²) >= 11 is 0. The fourth-order valence-corrected chi connectivity index (χ4v) is 3.69. The van der Waals surface area contributed by atoms with Crippen LogP contribution in [-0.4, -0.2) is 31.1 Å². The number of hydrogen-bond acceptors (Lipinski definition) is 3. The van der Waals surface area contributed by atoms with E-state index in [1.165, 1.54) is 32.1 Å². The molecule has 1 aromatic carbocycles. The van der Waals surface area contributed by atoms with E-state index in [0.29, 0.717) is 12.6 Å². The number of rotatable bonds is 3. The van der Waals surface area contributed by atoms with Gasteiger partial charge in [-0.1, -0.05) is 37.5 Å². The summed E-state index contributed by atoms with van der Waals surface area (Å²) in [5, 5.41) is 0. The lowest BCUT2D eigenvalue weighted by Gasteiger charge is -2.39. The number of benzene rings is 1. The highest BCUT2D eigenvalue weighted by atomic mass is 16.5. The highest BCUT2D eigenvalue weighted by molar-refractivity contribution is 5.38. The smallest absolute Gasteiger partial charge is 0.124 e. The molecular weight excluding hydrogens is 248 g/mol. The maximum Gasteiger partial charge on any atom is 0.124 e. The lowest BCUT2D eigenvalue weighted by atomic mass is 9.88. The fourth-order valence-electron chi connectivity index (χ4n) is 3.69. The second kappa shape index (κ2) is 6.15. The largest absolute Gasteiger partial charge is 0.492 e. The minimum atomic E-state index is 0.0635. The predicted molar refractivity (Wildman–Crippen MR) is 81.9 cm³/mol. The van der Waals surface area contributed by atoms with Crippen molar-refractivity contribution in [2.75, 3.05) is 20.2 Å². The minimum absolute atomic E-state index is 0.0635. The summed E-state index contributed by atoms with van der Waals surface area (Å²) in [5.41, 5.74) is 7.63. The van der Waals surface area contributed by atoms with E-state index in [1.807, 2.05) is 18.2 Å². The van der Waals surface area contributed by atoms with Crippen LogP contribution in [0.4, 0.5) is 0 Å². The standard InChI is InChI=1S/C17H26N2O/c1-19(11-13-7-3-2-4-8-13)15-12-20-16-10-6-5-9-14(16)17(15)18/h5-6,9-10,13,15,17H,2-4,7-8,11-12,18H2,1H3. The molecule has 0 spiro atoms. The summed E-state index contributed by atoms with van der Waals surface area (Å²) in [5.74, 6) is 1.81. The van der Waals surface area contributed by atoms with Crippen LogP contribution >= 0.6 is 0 Å². The highest BCUT2D eigenvalue weighted by Gasteiger charge is 2.31. The van der Waals surface area contributed by atoms with Crippen LogP contribution in [0.5, 0.6) is 5.75 Å². The molecule has 1 aromatic rings. The molecule has 0 aromatic heterocycles. The van der Waals surface area contributed by atoms with Crippen LogP contribution in [0.2, 0.25) is 0 Å². The van der Waals surface area contributed by atoms with E-state index in [2.05, 4.69) is 18.0 Å². The van der Waals surface area contributed by atoms with Gasteiger partial charge < -0.3 is 10.5 Å². The lowest BCUT2D eigenvalue weighted by molar-refractivity contribution is 0.0986. The number of nitrogens with zero attached hydrogens (tertiary/aromatic N) is 1. The molecule has 1 aliphatic heterocycles. The molecule has 1 heterocycles. The molecule has 3 rings (SSSR count). The summed E-state index contributed by atoms with van der Waals surface area (Å²) in [6, 6.07) is 8.54. The van der Waals surface area contributed by atoms with Gasteiger partial charge in [0, 0.05) is 12.1 Å². The van der Waals surface area contributed by atoms with E-state index in [-0.39, 0.29) is 6.04 Å². The van der Waals surface area contributed by atoms with Crippen LogP contribution < -0.4 is 10.5 Å². The van der Waals surface area contributed by atoms with Crippen molar-refractivity contribution in [1.82, 2.24) is 4.90 Å². The molecule has 110 valence electrons. The molecule has 0 radical (unpaired) electrons. The van der Waals surface area contributed by atoms with Gasteiger partial charge in [-0.2, -0.15) is 0 Å². The molecule has 0 bridgehead atoms. The maximum absolute atomic E-state index is 6.47. The first kappa shape index (κ1) is 13.9.